The van der Waals surface area contributed by atoms with Crippen molar-refractivity contribution in [2.24, 2.45) is 0 Å². The monoisotopic (exact) mass is 234 g/mol. The highest BCUT2D eigenvalue weighted by Gasteiger charge is 2.27. The van der Waals surface area contributed by atoms with Gasteiger partial charge in [0.25, 0.3) is 0 Å². The molecule has 1 aromatic carbocycles. The van der Waals surface area contributed by atoms with Gasteiger partial charge in [-0.2, -0.15) is 0 Å². The maximum absolute atomic E-state index is 11.2. The molecule has 4 heteroatoms. The van der Waals surface area contributed by atoms with Crippen molar-refractivity contribution in [2.45, 2.75) is 32.2 Å². The van der Waals surface area contributed by atoms with Crippen molar-refractivity contribution >= 4 is 17.3 Å². The average molecular weight is 234 g/mol. The average Bonchev–Trinajstić information content (AvgIpc) is 2.76. The fourth-order valence-electron chi connectivity index (χ4n) is 2.61. The lowest BCUT2D eigenvalue weighted by Gasteiger charge is -2.28. The van der Waals surface area contributed by atoms with Gasteiger partial charge in [0.15, 0.2) is 0 Å². The zero-order valence-electron chi connectivity index (χ0n) is 10.0. The van der Waals surface area contributed by atoms with Gasteiger partial charge in [-0.15, -0.1) is 0 Å². The van der Waals surface area contributed by atoms with Gasteiger partial charge >= 0.3 is 5.97 Å². The summed E-state index contributed by atoms with van der Waals surface area (Å²) in [5.41, 5.74) is 7.52. The molecule has 1 unspecified atom stereocenters. The Morgan fingerprint density at radius 2 is 2.35 bits per heavy atom. The van der Waals surface area contributed by atoms with Crippen LogP contribution in [0, 0.1) is 0 Å². The second kappa shape index (κ2) is 4.65. The lowest BCUT2D eigenvalue weighted by Crippen LogP contribution is -2.30. The van der Waals surface area contributed by atoms with Crippen LogP contribution in [0.4, 0.5) is 11.4 Å². The van der Waals surface area contributed by atoms with Gasteiger partial charge in [0.05, 0.1) is 16.9 Å². The Kier molecular flexibility index (Phi) is 3.22. The van der Waals surface area contributed by atoms with E-state index in [1.54, 1.807) is 18.2 Å². The molecule has 0 spiro atoms. The Labute approximate surface area is 101 Å². The van der Waals surface area contributed by atoms with Gasteiger partial charge in [-0.1, -0.05) is 13.0 Å². The number of nitrogens with zero attached hydrogens (tertiary/aromatic N) is 1. The molecule has 17 heavy (non-hydrogen) atoms. The first-order valence-corrected chi connectivity index (χ1v) is 6.03. The molecule has 0 bridgehead atoms. The first-order valence-electron chi connectivity index (χ1n) is 6.03. The molecule has 1 aliphatic rings. The quantitative estimate of drug-likeness (QED) is 0.788. The molecule has 1 saturated heterocycles. The molecule has 2 rings (SSSR count). The van der Waals surface area contributed by atoms with Crippen LogP contribution in [0.25, 0.3) is 0 Å². The number of aromatic carboxylic acids is 1. The predicted octanol–water partition coefficient (Wildman–Crippen LogP) is 2.35. The van der Waals surface area contributed by atoms with Crippen LogP contribution in [0.15, 0.2) is 18.2 Å². The van der Waals surface area contributed by atoms with Crippen LogP contribution in [0.5, 0.6) is 0 Å². The summed E-state index contributed by atoms with van der Waals surface area (Å²) in [7, 11) is 0. The second-order valence-electron chi connectivity index (χ2n) is 4.45. The van der Waals surface area contributed by atoms with Gasteiger partial charge in [0.2, 0.25) is 0 Å². The maximum Gasteiger partial charge on any atom is 0.337 e. The van der Waals surface area contributed by atoms with Crippen LogP contribution in [-0.4, -0.2) is 23.7 Å². The summed E-state index contributed by atoms with van der Waals surface area (Å²) >= 11 is 0. The molecule has 0 aliphatic carbocycles. The molecule has 3 N–H and O–H groups in total. The summed E-state index contributed by atoms with van der Waals surface area (Å²) in [6.45, 7) is 3.02. The van der Waals surface area contributed by atoms with E-state index in [0.717, 1.165) is 25.8 Å². The molecule has 4 nitrogen and oxygen atoms in total. The summed E-state index contributed by atoms with van der Waals surface area (Å²) in [5, 5.41) is 9.23. The van der Waals surface area contributed by atoms with Crippen molar-refractivity contribution in [1.82, 2.24) is 0 Å². The molecule has 1 aromatic rings. The Morgan fingerprint density at radius 3 is 3.00 bits per heavy atom. The number of nitrogens with two attached hydrogens (primary N) is 1. The highest BCUT2D eigenvalue weighted by molar-refractivity contribution is 5.98. The van der Waals surface area contributed by atoms with Gasteiger partial charge in [0, 0.05) is 12.6 Å². The summed E-state index contributed by atoms with van der Waals surface area (Å²) in [6.07, 6.45) is 3.24. The van der Waals surface area contributed by atoms with E-state index in [9.17, 15) is 9.90 Å². The molecule has 1 heterocycles. The van der Waals surface area contributed by atoms with Gasteiger partial charge in [-0.05, 0) is 31.4 Å². The van der Waals surface area contributed by atoms with E-state index in [4.69, 9.17) is 5.73 Å². The van der Waals surface area contributed by atoms with E-state index in [1.807, 2.05) is 0 Å². The lowest BCUT2D eigenvalue weighted by atomic mass is 10.1. The SMILES string of the molecule is CCC1CCCN1c1c(N)cccc1C(=O)O. The lowest BCUT2D eigenvalue weighted by molar-refractivity contribution is 0.0697. The molecule has 1 aliphatic heterocycles. The molecule has 1 atom stereocenters. The van der Waals surface area contributed by atoms with Crippen molar-refractivity contribution in [2.75, 3.05) is 17.2 Å². The van der Waals surface area contributed by atoms with E-state index >= 15 is 0 Å². The number of nitrogen functional groups attached to an aromatic ring is 1. The molecular formula is C13H18N2O2. The number of hydrogen-bond donors (Lipinski definition) is 2. The van der Waals surface area contributed by atoms with E-state index in [0.29, 0.717) is 23.0 Å². The number of rotatable bonds is 3. The number of anilines is 2. The third-order valence-corrected chi connectivity index (χ3v) is 3.43. The Morgan fingerprint density at radius 1 is 1.59 bits per heavy atom. The van der Waals surface area contributed by atoms with E-state index in [-0.39, 0.29) is 0 Å². The van der Waals surface area contributed by atoms with E-state index in [2.05, 4.69) is 11.8 Å². The summed E-state index contributed by atoms with van der Waals surface area (Å²) in [5.74, 6) is -0.908. The molecule has 0 radical (unpaired) electrons. The molecule has 0 aromatic heterocycles. The topological polar surface area (TPSA) is 66.6 Å². The fourth-order valence-corrected chi connectivity index (χ4v) is 2.61. The standard InChI is InChI=1S/C13H18N2O2/c1-2-9-5-4-8-15(9)12-10(13(16)17)6-3-7-11(12)14/h3,6-7,9H,2,4-5,8,14H2,1H3,(H,16,17). The second-order valence-corrected chi connectivity index (χ2v) is 4.45. The van der Waals surface area contributed by atoms with Gasteiger partial charge in [-0.25, -0.2) is 4.79 Å². The van der Waals surface area contributed by atoms with Crippen molar-refractivity contribution in [3.8, 4) is 0 Å². The largest absolute Gasteiger partial charge is 0.478 e. The van der Waals surface area contributed by atoms with E-state index in [1.165, 1.54) is 0 Å². The molecule has 0 saturated carbocycles. The van der Waals surface area contributed by atoms with Crippen LogP contribution in [0.2, 0.25) is 0 Å². The van der Waals surface area contributed by atoms with Crippen LogP contribution >= 0.6 is 0 Å². The first-order chi connectivity index (χ1) is 8.15. The summed E-state index contributed by atoms with van der Waals surface area (Å²) < 4.78 is 0. The van der Waals surface area contributed by atoms with Gasteiger partial charge in [0.1, 0.15) is 0 Å². The van der Waals surface area contributed by atoms with Crippen LogP contribution < -0.4 is 10.6 Å². The van der Waals surface area contributed by atoms with E-state index < -0.39 is 5.97 Å². The zero-order valence-corrected chi connectivity index (χ0v) is 10.0. The minimum atomic E-state index is -0.908. The highest BCUT2D eigenvalue weighted by Crippen LogP contribution is 2.34. The minimum Gasteiger partial charge on any atom is -0.478 e. The van der Waals surface area contributed by atoms with Crippen molar-refractivity contribution in [3.05, 3.63) is 23.8 Å². The Balaban J connectivity index is 2.46. The zero-order chi connectivity index (χ0) is 12.4. The molecule has 0 amide bonds. The minimum absolute atomic E-state index is 0.311. The molecular weight excluding hydrogens is 216 g/mol. The first kappa shape index (κ1) is 11.8. The highest BCUT2D eigenvalue weighted by atomic mass is 16.4. The number of carboxylic acid groups (broad SMARTS) is 1. The van der Waals surface area contributed by atoms with Crippen LogP contribution in [0.1, 0.15) is 36.5 Å². The Bertz CT molecular complexity index is 431. The smallest absolute Gasteiger partial charge is 0.337 e. The number of hydrogen-bond acceptors (Lipinski definition) is 3. The number of para-hydroxylation sites is 1. The normalized spacial score (nSPS) is 19.6. The molecule has 92 valence electrons. The van der Waals surface area contributed by atoms with Crippen molar-refractivity contribution in [1.29, 1.82) is 0 Å². The fraction of sp³-hybridized carbons (Fsp3) is 0.462. The number of benzene rings is 1. The van der Waals surface area contributed by atoms with Crippen LogP contribution in [-0.2, 0) is 0 Å². The number of carboxylic acids is 1. The van der Waals surface area contributed by atoms with Crippen LogP contribution in [0.3, 0.4) is 0 Å². The van der Waals surface area contributed by atoms with Gasteiger partial charge in [-0.3, -0.25) is 0 Å². The molecule has 1 fully saturated rings. The maximum atomic E-state index is 11.2. The number of carbonyl (C=O) groups is 1. The van der Waals surface area contributed by atoms with Gasteiger partial charge < -0.3 is 15.7 Å². The van der Waals surface area contributed by atoms with Crippen molar-refractivity contribution < 1.29 is 9.90 Å². The Hall–Kier alpha value is -1.71. The van der Waals surface area contributed by atoms with Crippen molar-refractivity contribution in [3.63, 3.8) is 0 Å². The summed E-state index contributed by atoms with van der Waals surface area (Å²) in [6, 6.07) is 5.50. The third-order valence-electron chi connectivity index (χ3n) is 3.43. The summed E-state index contributed by atoms with van der Waals surface area (Å²) in [4.78, 5) is 13.4. The third kappa shape index (κ3) is 2.07. The predicted molar refractivity (Wildman–Crippen MR) is 68.5 cm³/mol.